The molecule has 0 unspecified atom stereocenters. The van der Waals surface area contributed by atoms with Gasteiger partial charge in [-0.15, -0.1) is 0 Å². The van der Waals surface area contributed by atoms with Crippen molar-refractivity contribution in [3.05, 3.63) is 28.5 Å². The van der Waals surface area contributed by atoms with Gasteiger partial charge in [0.25, 0.3) is 5.91 Å². The van der Waals surface area contributed by atoms with Gasteiger partial charge in [-0.2, -0.15) is 0 Å². The molecule has 1 rings (SSSR count). The number of rotatable bonds is 5. The summed E-state index contributed by atoms with van der Waals surface area (Å²) >= 11 is 3.09. The second-order valence-electron chi connectivity index (χ2n) is 3.31. The van der Waals surface area contributed by atoms with E-state index < -0.39 is 30.3 Å². The fourth-order valence-electron chi connectivity index (χ4n) is 1.14. The van der Waals surface area contributed by atoms with Crippen molar-refractivity contribution >= 4 is 33.8 Å². The van der Waals surface area contributed by atoms with Crippen molar-refractivity contribution in [2.45, 2.75) is 12.5 Å². The number of aliphatic carboxylic acids is 2. The minimum Gasteiger partial charge on any atom is -0.550 e. The van der Waals surface area contributed by atoms with E-state index in [0.29, 0.717) is 4.47 Å². The van der Waals surface area contributed by atoms with Crippen LogP contribution in [-0.2, 0) is 9.59 Å². The highest BCUT2D eigenvalue weighted by atomic mass is 79.9. The van der Waals surface area contributed by atoms with Crippen LogP contribution in [0, 0.1) is 0 Å². The van der Waals surface area contributed by atoms with Crippen LogP contribution in [0.2, 0.25) is 0 Å². The van der Waals surface area contributed by atoms with Gasteiger partial charge in [0.1, 0.15) is 0 Å². The van der Waals surface area contributed by atoms with Crippen LogP contribution in [0.25, 0.3) is 0 Å². The van der Waals surface area contributed by atoms with E-state index in [1.165, 1.54) is 18.5 Å². The number of amides is 1. The van der Waals surface area contributed by atoms with Crippen molar-refractivity contribution < 1.29 is 24.6 Å². The molecule has 0 aliphatic heterocycles. The Morgan fingerprint density at radius 1 is 1.33 bits per heavy atom. The first-order valence-corrected chi connectivity index (χ1v) is 5.51. The number of carbonyl (C=O) groups excluding carboxylic acids is 3. The lowest BCUT2D eigenvalue weighted by Gasteiger charge is -2.19. The monoisotopic (exact) mass is 314 g/mol. The summed E-state index contributed by atoms with van der Waals surface area (Å²) in [5.41, 5.74) is 0.0916. The fraction of sp³-hybridized carbons (Fsp3) is 0.200. The van der Waals surface area contributed by atoms with Gasteiger partial charge >= 0.3 is 0 Å². The van der Waals surface area contributed by atoms with E-state index >= 15 is 0 Å². The van der Waals surface area contributed by atoms with E-state index in [4.69, 9.17) is 0 Å². The highest BCUT2D eigenvalue weighted by molar-refractivity contribution is 9.10. The van der Waals surface area contributed by atoms with Gasteiger partial charge in [-0.05, 0) is 22.0 Å². The van der Waals surface area contributed by atoms with Gasteiger partial charge in [0.15, 0.2) is 0 Å². The van der Waals surface area contributed by atoms with Crippen LogP contribution in [0.1, 0.15) is 16.8 Å². The highest BCUT2D eigenvalue weighted by Crippen LogP contribution is 2.09. The summed E-state index contributed by atoms with van der Waals surface area (Å²) in [7, 11) is 0. The molecule has 1 aromatic heterocycles. The van der Waals surface area contributed by atoms with Crippen LogP contribution >= 0.6 is 15.9 Å². The molecule has 0 fully saturated rings. The van der Waals surface area contributed by atoms with Crippen LogP contribution in [0.5, 0.6) is 0 Å². The van der Waals surface area contributed by atoms with E-state index in [1.807, 2.05) is 5.32 Å². The predicted octanol–water partition coefficient (Wildman–Crippen LogP) is -2.17. The summed E-state index contributed by atoms with van der Waals surface area (Å²) in [4.78, 5) is 36.3. The zero-order chi connectivity index (χ0) is 13.7. The van der Waals surface area contributed by atoms with Crippen molar-refractivity contribution in [3.63, 3.8) is 0 Å². The third-order valence-corrected chi connectivity index (χ3v) is 2.36. The predicted molar refractivity (Wildman–Crippen MR) is 57.8 cm³/mol. The van der Waals surface area contributed by atoms with E-state index in [0.717, 1.165) is 0 Å². The summed E-state index contributed by atoms with van der Waals surface area (Å²) in [6.45, 7) is 0. The molecule has 7 nitrogen and oxygen atoms in total. The van der Waals surface area contributed by atoms with E-state index in [9.17, 15) is 24.6 Å². The van der Waals surface area contributed by atoms with Gasteiger partial charge in [0.2, 0.25) is 0 Å². The van der Waals surface area contributed by atoms with Gasteiger partial charge < -0.3 is 25.1 Å². The Hall–Kier alpha value is -1.96. The molecule has 0 bridgehead atoms. The highest BCUT2D eigenvalue weighted by Gasteiger charge is 2.15. The number of carbonyl (C=O) groups is 3. The number of aromatic nitrogens is 1. The van der Waals surface area contributed by atoms with Crippen LogP contribution in [0.4, 0.5) is 0 Å². The van der Waals surface area contributed by atoms with Crippen LogP contribution in [0.15, 0.2) is 22.9 Å². The first-order chi connectivity index (χ1) is 8.40. The number of nitrogens with one attached hydrogen (secondary N) is 1. The number of nitrogens with zero attached hydrogens (tertiary/aromatic N) is 1. The molecule has 96 valence electrons. The van der Waals surface area contributed by atoms with Gasteiger partial charge in [-0.3, -0.25) is 9.78 Å². The topological polar surface area (TPSA) is 122 Å². The lowest BCUT2D eigenvalue weighted by atomic mass is 10.2. The molecular formula is C10H7BrN2O5-2. The molecule has 1 aromatic rings. The second-order valence-corrected chi connectivity index (χ2v) is 4.23. The lowest BCUT2D eigenvalue weighted by Crippen LogP contribution is -2.50. The maximum Gasteiger partial charge on any atom is 0.253 e. The molecule has 1 N–H and O–H groups in total. The summed E-state index contributed by atoms with van der Waals surface area (Å²) < 4.78 is 0.528. The molecule has 0 aromatic carbocycles. The number of pyridine rings is 1. The minimum atomic E-state index is -1.70. The third kappa shape index (κ3) is 4.13. The summed E-state index contributed by atoms with van der Waals surface area (Å²) in [6.07, 6.45) is 1.79. The molecule has 0 aliphatic carbocycles. The Bertz CT molecular complexity index is 491. The molecular weight excluding hydrogens is 308 g/mol. The van der Waals surface area contributed by atoms with Crippen LogP contribution in [-0.4, -0.2) is 28.9 Å². The van der Waals surface area contributed by atoms with Crippen molar-refractivity contribution in [3.8, 4) is 0 Å². The molecule has 8 heteroatoms. The van der Waals surface area contributed by atoms with Crippen LogP contribution in [0.3, 0.4) is 0 Å². The Balaban J connectivity index is 2.78. The summed E-state index contributed by atoms with van der Waals surface area (Å²) in [5, 5.41) is 22.9. The van der Waals surface area contributed by atoms with Gasteiger partial charge in [-0.25, -0.2) is 0 Å². The lowest BCUT2D eigenvalue weighted by molar-refractivity contribution is -0.317. The van der Waals surface area contributed by atoms with Gasteiger partial charge in [0.05, 0.1) is 17.6 Å². The van der Waals surface area contributed by atoms with Crippen molar-refractivity contribution in [2.75, 3.05) is 0 Å². The molecule has 1 amide bonds. The molecule has 1 atom stereocenters. The van der Waals surface area contributed by atoms with Crippen molar-refractivity contribution in [1.29, 1.82) is 0 Å². The Morgan fingerprint density at radius 3 is 2.50 bits per heavy atom. The number of hydrogen-bond donors (Lipinski definition) is 1. The molecule has 0 aliphatic rings. The zero-order valence-corrected chi connectivity index (χ0v) is 10.5. The first kappa shape index (κ1) is 14.1. The average molecular weight is 315 g/mol. The zero-order valence-electron chi connectivity index (χ0n) is 8.88. The number of hydrogen-bond acceptors (Lipinski definition) is 6. The molecule has 0 saturated carbocycles. The maximum absolute atomic E-state index is 11.6. The van der Waals surface area contributed by atoms with E-state index in [-0.39, 0.29) is 5.56 Å². The molecule has 18 heavy (non-hydrogen) atoms. The Kier molecular flexibility index (Phi) is 4.78. The second kappa shape index (κ2) is 6.10. The van der Waals surface area contributed by atoms with E-state index in [1.54, 1.807) is 0 Å². The minimum absolute atomic E-state index is 0.0916. The van der Waals surface area contributed by atoms with Crippen LogP contribution < -0.4 is 15.5 Å². The third-order valence-electron chi connectivity index (χ3n) is 1.93. The van der Waals surface area contributed by atoms with Crippen molar-refractivity contribution in [2.24, 2.45) is 0 Å². The van der Waals surface area contributed by atoms with E-state index in [2.05, 4.69) is 20.9 Å². The average Bonchev–Trinajstić information content (AvgIpc) is 2.27. The Labute approximate surface area is 110 Å². The summed E-state index contributed by atoms with van der Waals surface area (Å²) in [5.74, 6) is -4.06. The fourth-order valence-corrected chi connectivity index (χ4v) is 1.50. The number of halogens is 1. The normalized spacial score (nSPS) is 11.6. The maximum atomic E-state index is 11.6. The van der Waals surface area contributed by atoms with Gasteiger partial charge in [0, 0.05) is 29.3 Å². The smallest absolute Gasteiger partial charge is 0.253 e. The molecule has 0 spiro atoms. The molecule has 1 heterocycles. The first-order valence-electron chi connectivity index (χ1n) is 4.72. The SMILES string of the molecule is O=C([O-])C[C@@H](NC(=O)c1cncc(Br)c1)C(=O)[O-]. The summed E-state index contributed by atoms with van der Waals surface area (Å²) in [6, 6.07) is -0.241. The molecule has 0 radical (unpaired) electrons. The largest absolute Gasteiger partial charge is 0.550 e. The Morgan fingerprint density at radius 2 is 2.00 bits per heavy atom. The standard InChI is InChI=1S/C10H9BrN2O5/c11-6-1-5(3-12-4-6)9(16)13-7(10(17)18)2-8(14)15/h1,3-4,7H,2H2,(H,13,16)(H,14,15)(H,17,18)/p-2/t7-/m1/s1. The molecule has 0 saturated heterocycles. The van der Waals surface area contributed by atoms with Crippen molar-refractivity contribution in [1.82, 2.24) is 10.3 Å². The quantitative estimate of drug-likeness (QED) is 0.660. The number of carboxylic acids is 2. The number of carboxylic acid groups (broad SMARTS) is 2. The van der Waals surface area contributed by atoms with Gasteiger partial charge in [-0.1, -0.05) is 0 Å².